The zero-order valence-corrected chi connectivity index (χ0v) is 35.1. The first-order valence-corrected chi connectivity index (χ1v) is 21.6. The number of para-hydroxylation sites is 4. The lowest BCUT2D eigenvalue weighted by Gasteiger charge is -2.28. The Morgan fingerprint density at radius 3 is 1.13 bits per heavy atom. The van der Waals surface area contributed by atoms with E-state index in [1.54, 1.807) is 0 Å². The van der Waals surface area contributed by atoms with Crippen LogP contribution in [0.5, 0.6) is 0 Å². The number of hydrogen-bond donors (Lipinski definition) is 0. The number of nitrogens with zero attached hydrogens (tertiary/aromatic N) is 4. The van der Waals surface area contributed by atoms with Gasteiger partial charge >= 0.3 is 0 Å². The molecule has 0 aliphatic rings. The Morgan fingerprint density at radius 1 is 0.306 bits per heavy atom. The van der Waals surface area contributed by atoms with E-state index in [4.69, 9.17) is 0 Å². The summed E-state index contributed by atoms with van der Waals surface area (Å²) in [5, 5.41) is 10.1. The molecule has 0 atom stereocenters. The molecule has 0 N–H and O–H groups in total. The highest BCUT2D eigenvalue weighted by atomic mass is 15.2. The summed E-state index contributed by atoms with van der Waals surface area (Å²) < 4.78 is 5.08. The number of benzene rings is 9. The molecule has 62 heavy (non-hydrogen) atoms. The summed E-state index contributed by atoms with van der Waals surface area (Å²) in [7, 11) is 0. The Kier molecular flexibility index (Phi) is 7.25. The van der Waals surface area contributed by atoms with Crippen molar-refractivity contribution in [1.29, 1.82) is 0 Å². The van der Waals surface area contributed by atoms with Crippen molar-refractivity contribution in [1.82, 2.24) is 8.80 Å². The van der Waals surface area contributed by atoms with Gasteiger partial charge < -0.3 is 18.6 Å². The third-order valence-electron chi connectivity index (χ3n) is 13.5. The van der Waals surface area contributed by atoms with Gasteiger partial charge in [-0.3, -0.25) is 0 Å². The van der Waals surface area contributed by atoms with Crippen LogP contribution >= 0.6 is 0 Å². The Balaban J connectivity index is 1.09. The Morgan fingerprint density at radius 2 is 0.710 bits per heavy atom. The maximum absolute atomic E-state index is 2.54. The highest BCUT2D eigenvalue weighted by Crippen LogP contribution is 2.50. The molecule has 0 saturated carbocycles. The maximum atomic E-state index is 2.54. The summed E-state index contributed by atoms with van der Waals surface area (Å²) in [5.74, 6) is 0. The molecular weight excluding hydrogens is 753 g/mol. The molecule has 0 spiro atoms. The van der Waals surface area contributed by atoms with Gasteiger partial charge in [-0.1, -0.05) is 120 Å². The number of hydrogen-bond acceptors (Lipinski definition) is 2. The molecule has 0 aliphatic heterocycles. The van der Waals surface area contributed by atoms with E-state index in [-0.39, 0.29) is 0 Å². The fourth-order valence-corrected chi connectivity index (χ4v) is 11.0. The summed E-state index contributed by atoms with van der Waals surface area (Å²) in [6.45, 7) is 8.79. The highest BCUT2D eigenvalue weighted by molar-refractivity contribution is 6.31. The summed E-state index contributed by atoms with van der Waals surface area (Å²) in [5.41, 5.74) is 19.5. The van der Waals surface area contributed by atoms with Crippen molar-refractivity contribution in [2.75, 3.05) is 9.80 Å². The van der Waals surface area contributed by atoms with Gasteiger partial charge in [0.15, 0.2) is 0 Å². The number of fused-ring (bicyclic) bond motifs is 12. The van der Waals surface area contributed by atoms with Crippen molar-refractivity contribution in [2.24, 2.45) is 0 Å². The summed E-state index contributed by atoms with van der Waals surface area (Å²) in [6.07, 6.45) is 0. The van der Waals surface area contributed by atoms with Crippen molar-refractivity contribution in [2.45, 2.75) is 27.7 Å². The lowest BCUT2D eigenvalue weighted by Crippen LogP contribution is -2.11. The molecule has 0 radical (unpaired) electrons. The second kappa shape index (κ2) is 12.8. The van der Waals surface area contributed by atoms with Crippen LogP contribution in [0.25, 0.3) is 76.2 Å². The third kappa shape index (κ3) is 4.72. The van der Waals surface area contributed by atoms with E-state index in [1.807, 2.05) is 0 Å². The van der Waals surface area contributed by atoms with E-state index in [0.717, 1.165) is 11.4 Å². The topological polar surface area (TPSA) is 15.3 Å². The fourth-order valence-electron chi connectivity index (χ4n) is 11.0. The molecule has 0 fully saturated rings. The maximum Gasteiger partial charge on any atom is 0.0621 e. The molecule has 0 unspecified atom stereocenters. The molecule has 4 heterocycles. The fraction of sp³-hybridized carbons (Fsp3) is 0.0690. The van der Waals surface area contributed by atoms with Gasteiger partial charge in [0.05, 0.1) is 44.5 Å². The van der Waals surface area contributed by atoms with E-state index in [1.165, 1.54) is 121 Å². The van der Waals surface area contributed by atoms with Crippen LogP contribution in [0.15, 0.2) is 182 Å². The van der Waals surface area contributed by atoms with Gasteiger partial charge in [-0.25, -0.2) is 0 Å². The van der Waals surface area contributed by atoms with Crippen molar-refractivity contribution < 1.29 is 0 Å². The Labute approximate surface area is 359 Å². The van der Waals surface area contributed by atoms with E-state index in [9.17, 15) is 0 Å². The highest BCUT2D eigenvalue weighted by Gasteiger charge is 2.27. The molecule has 4 nitrogen and oxygen atoms in total. The molecule has 13 rings (SSSR count). The zero-order valence-electron chi connectivity index (χ0n) is 35.1. The van der Waals surface area contributed by atoms with Crippen molar-refractivity contribution >= 4 is 110 Å². The molecule has 4 heteroatoms. The van der Waals surface area contributed by atoms with Crippen LogP contribution in [0.4, 0.5) is 34.1 Å². The van der Waals surface area contributed by atoms with Crippen molar-refractivity contribution in [3.8, 4) is 0 Å². The van der Waals surface area contributed by atoms with Gasteiger partial charge in [0.1, 0.15) is 0 Å². The molecule has 0 aliphatic carbocycles. The van der Waals surface area contributed by atoms with Crippen LogP contribution in [0.2, 0.25) is 0 Å². The van der Waals surface area contributed by atoms with E-state index in [0.29, 0.717) is 0 Å². The minimum absolute atomic E-state index is 1.14. The van der Waals surface area contributed by atoms with Crippen LogP contribution in [0.3, 0.4) is 0 Å². The van der Waals surface area contributed by atoms with Gasteiger partial charge in [0.2, 0.25) is 0 Å². The molecule has 0 bridgehead atoms. The molecule has 0 amide bonds. The summed E-state index contributed by atoms with van der Waals surface area (Å²) in [6, 6.07) is 67.6. The van der Waals surface area contributed by atoms with Crippen LogP contribution in [0, 0.1) is 27.7 Å². The monoisotopic (exact) mass is 794 g/mol. The third-order valence-corrected chi connectivity index (χ3v) is 13.5. The quantitative estimate of drug-likeness (QED) is 0.167. The summed E-state index contributed by atoms with van der Waals surface area (Å²) >= 11 is 0. The van der Waals surface area contributed by atoms with E-state index >= 15 is 0 Å². The number of anilines is 6. The van der Waals surface area contributed by atoms with Crippen LogP contribution < -0.4 is 9.80 Å². The van der Waals surface area contributed by atoms with E-state index < -0.39 is 0 Å². The normalized spacial score (nSPS) is 12.2. The van der Waals surface area contributed by atoms with Gasteiger partial charge in [-0.15, -0.1) is 0 Å². The zero-order chi connectivity index (χ0) is 41.4. The molecule has 0 saturated heterocycles. The van der Waals surface area contributed by atoms with Gasteiger partial charge in [0.25, 0.3) is 0 Å². The SMILES string of the molecule is Cc1ccc(N(c2ccccc2)c2cccc3c2c2cccc4c5cc6c(cc5n3c42)c2cccc3c4c(N(c5ccccc5)c5ccc(C)cc5C)cccc4n6c23)c(C)c1. The molecule has 9 aromatic carbocycles. The average molecular weight is 795 g/mol. The predicted octanol–water partition coefficient (Wildman–Crippen LogP) is 16.2. The lowest BCUT2D eigenvalue weighted by molar-refractivity contribution is 1.25. The predicted molar refractivity (Wildman–Crippen MR) is 264 cm³/mol. The van der Waals surface area contributed by atoms with Crippen LogP contribution in [-0.2, 0) is 0 Å². The summed E-state index contributed by atoms with van der Waals surface area (Å²) in [4.78, 5) is 4.90. The smallest absolute Gasteiger partial charge is 0.0621 e. The van der Waals surface area contributed by atoms with Gasteiger partial charge in [-0.2, -0.15) is 0 Å². The first kappa shape index (κ1) is 35.0. The standard InChI is InChI=1S/C58H42N4/c1-35-27-29-47(37(3)31-35)59(39-15-7-5-8-16-39)49-23-13-25-51-55(49)43-21-11-19-41-45-34-54-46(33-53(45)61(51)57(41)43)42-20-12-22-44-56-50(24-14-26-52(56)62(54)58(42)44)60(40-17-9-6-10-18-40)48-30-28-36(2)32-38(48)4/h5-34H,1-4H3. The largest absolute Gasteiger partial charge is 0.310 e. The minimum Gasteiger partial charge on any atom is -0.310 e. The molecule has 294 valence electrons. The van der Waals surface area contributed by atoms with Crippen LogP contribution in [-0.4, -0.2) is 8.80 Å². The van der Waals surface area contributed by atoms with Gasteiger partial charge in [-0.05, 0) is 112 Å². The van der Waals surface area contributed by atoms with E-state index in [2.05, 4.69) is 228 Å². The minimum atomic E-state index is 1.14. The van der Waals surface area contributed by atoms with Crippen molar-refractivity contribution in [3.05, 3.63) is 204 Å². The Bertz CT molecular complexity index is 3650. The molecule has 4 aromatic heterocycles. The van der Waals surface area contributed by atoms with Gasteiger partial charge in [0, 0.05) is 65.8 Å². The average Bonchev–Trinajstić information content (AvgIpc) is 4.02. The first-order chi connectivity index (χ1) is 30.4. The lowest BCUT2D eigenvalue weighted by atomic mass is 10.0. The number of aromatic nitrogens is 2. The number of rotatable bonds is 6. The second-order valence-electron chi connectivity index (χ2n) is 17.2. The molecule has 13 aromatic rings. The number of aryl methyl sites for hydroxylation is 4. The van der Waals surface area contributed by atoms with Crippen LogP contribution in [0.1, 0.15) is 22.3 Å². The second-order valence-corrected chi connectivity index (χ2v) is 17.2. The Hall–Kier alpha value is -7.82. The van der Waals surface area contributed by atoms with Crippen molar-refractivity contribution in [3.63, 3.8) is 0 Å². The molecular formula is C58H42N4. The first-order valence-electron chi connectivity index (χ1n) is 21.6.